The smallest absolute Gasteiger partial charge is 0.410 e. The topological polar surface area (TPSA) is 106 Å². The summed E-state index contributed by atoms with van der Waals surface area (Å²) in [6, 6.07) is 12.0. The number of nitrogens with zero attached hydrogens (tertiary/aromatic N) is 4. The number of phenols is 1. The van der Waals surface area contributed by atoms with E-state index in [9.17, 15) is 14.7 Å². The number of carbonyl (C=O) groups excluding carboxylic acids is 2. The maximum absolute atomic E-state index is 13.4. The molecule has 1 aromatic heterocycles. The third-order valence-electron chi connectivity index (χ3n) is 7.49. The van der Waals surface area contributed by atoms with E-state index in [1.807, 2.05) is 49.7 Å². The summed E-state index contributed by atoms with van der Waals surface area (Å²) in [7, 11) is -1.21. The van der Waals surface area contributed by atoms with Gasteiger partial charge in [-0.1, -0.05) is 37.8 Å². The van der Waals surface area contributed by atoms with Gasteiger partial charge in [-0.15, -0.1) is 0 Å². The first-order valence-electron chi connectivity index (χ1n) is 14.8. The Morgan fingerprint density at radius 3 is 2.51 bits per heavy atom. The van der Waals surface area contributed by atoms with Gasteiger partial charge in [-0.05, 0) is 45.0 Å². The number of hydrogen-bond donors (Lipinski definition) is 1. The number of aromatic hydroxyl groups is 1. The number of benzene rings is 2. The average Bonchev–Trinajstić information content (AvgIpc) is 3.44. The monoisotopic (exact) mass is 606 g/mol. The first-order chi connectivity index (χ1) is 20.3. The Hall–Kier alpha value is -3.67. The largest absolute Gasteiger partial charge is 0.507 e. The lowest BCUT2D eigenvalue weighted by molar-refractivity contribution is 0.0137. The van der Waals surface area contributed by atoms with E-state index in [0.29, 0.717) is 68.6 Å². The predicted molar refractivity (Wildman–Crippen MR) is 168 cm³/mol. The van der Waals surface area contributed by atoms with Crippen LogP contribution in [0.2, 0.25) is 25.7 Å². The van der Waals surface area contributed by atoms with Crippen LogP contribution in [-0.4, -0.2) is 83.0 Å². The molecule has 43 heavy (non-hydrogen) atoms. The number of Topliss-reactive ketones (excluding diaryl/α,β-unsaturated/α-hetero) is 1. The van der Waals surface area contributed by atoms with Crippen molar-refractivity contribution in [3.63, 3.8) is 0 Å². The fourth-order valence-corrected chi connectivity index (χ4v) is 5.86. The zero-order valence-electron chi connectivity index (χ0n) is 26.0. The zero-order valence-corrected chi connectivity index (χ0v) is 27.0. The molecule has 230 valence electrons. The molecule has 2 aliphatic heterocycles. The number of para-hydroxylation sites is 1. The second-order valence-electron chi connectivity index (χ2n) is 13.4. The number of piperazine rings is 1. The number of ether oxygens (including phenoxy) is 3. The number of aromatic nitrogens is 2. The molecule has 3 aromatic rings. The normalized spacial score (nSPS) is 17.0. The molecule has 0 atom stereocenters. The van der Waals surface area contributed by atoms with Gasteiger partial charge in [0.1, 0.15) is 23.8 Å². The Morgan fingerprint density at radius 1 is 1.09 bits per heavy atom. The van der Waals surface area contributed by atoms with Crippen molar-refractivity contribution in [2.24, 2.45) is 0 Å². The van der Waals surface area contributed by atoms with Crippen molar-refractivity contribution in [3.8, 4) is 11.5 Å². The zero-order chi connectivity index (χ0) is 30.9. The molecule has 10 nitrogen and oxygen atoms in total. The Kier molecular flexibility index (Phi) is 8.69. The molecule has 0 unspecified atom stereocenters. The van der Waals surface area contributed by atoms with E-state index >= 15 is 0 Å². The molecular formula is C32H42N4O6Si. The van der Waals surface area contributed by atoms with E-state index in [-0.39, 0.29) is 23.4 Å². The van der Waals surface area contributed by atoms with E-state index < -0.39 is 13.7 Å². The maximum Gasteiger partial charge on any atom is 0.410 e. The predicted octanol–water partition coefficient (Wildman–Crippen LogP) is 5.72. The van der Waals surface area contributed by atoms with Gasteiger partial charge in [-0.3, -0.25) is 9.69 Å². The number of hydrogen-bond acceptors (Lipinski definition) is 8. The Balaban J connectivity index is 1.31. The van der Waals surface area contributed by atoms with E-state index in [1.54, 1.807) is 17.0 Å². The highest BCUT2D eigenvalue weighted by Crippen LogP contribution is 2.40. The molecule has 0 aliphatic carbocycles. The third kappa shape index (κ3) is 7.28. The molecule has 2 aliphatic rings. The quantitative estimate of drug-likeness (QED) is 0.197. The third-order valence-corrected chi connectivity index (χ3v) is 9.19. The molecule has 11 heteroatoms. The van der Waals surface area contributed by atoms with Crippen LogP contribution < -0.4 is 4.74 Å². The number of fused-ring (bicyclic) bond motifs is 2. The second-order valence-corrected chi connectivity index (χ2v) is 19.0. The van der Waals surface area contributed by atoms with Gasteiger partial charge in [-0.2, -0.15) is 5.10 Å². The minimum absolute atomic E-state index is 0.0626. The van der Waals surface area contributed by atoms with Crippen LogP contribution in [0.15, 0.2) is 42.2 Å². The summed E-state index contributed by atoms with van der Waals surface area (Å²) in [6.07, 6.45) is 1.34. The van der Waals surface area contributed by atoms with Gasteiger partial charge >= 0.3 is 6.09 Å². The van der Waals surface area contributed by atoms with Crippen molar-refractivity contribution in [1.82, 2.24) is 19.6 Å². The van der Waals surface area contributed by atoms with Gasteiger partial charge in [0, 0.05) is 58.9 Å². The lowest BCUT2D eigenvalue weighted by Crippen LogP contribution is -2.49. The lowest BCUT2D eigenvalue weighted by Gasteiger charge is -2.35. The van der Waals surface area contributed by atoms with Crippen LogP contribution in [0.25, 0.3) is 17.0 Å². The van der Waals surface area contributed by atoms with E-state index in [0.717, 1.165) is 16.9 Å². The number of carbonyl (C=O) groups is 2. The van der Waals surface area contributed by atoms with Crippen LogP contribution in [0.1, 0.15) is 42.4 Å². The summed E-state index contributed by atoms with van der Waals surface area (Å²) in [4.78, 5) is 29.7. The van der Waals surface area contributed by atoms with Crippen LogP contribution in [0.3, 0.4) is 0 Å². The van der Waals surface area contributed by atoms with Crippen LogP contribution in [-0.2, 0) is 22.7 Å². The van der Waals surface area contributed by atoms with Gasteiger partial charge in [0.2, 0.25) is 5.78 Å². The Morgan fingerprint density at radius 2 is 1.81 bits per heavy atom. The molecule has 5 rings (SSSR count). The lowest BCUT2D eigenvalue weighted by atomic mass is 10.0. The van der Waals surface area contributed by atoms with Crippen LogP contribution in [0.5, 0.6) is 11.5 Å². The number of rotatable bonds is 8. The van der Waals surface area contributed by atoms with Gasteiger partial charge in [0.05, 0.1) is 22.3 Å². The van der Waals surface area contributed by atoms with Crippen LogP contribution in [0, 0.1) is 0 Å². The van der Waals surface area contributed by atoms with Gasteiger partial charge < -0.3 is 24.2 Å². The van der Waals surface area contributed by atoms with Crippen LogP contribution >= 0.6 is 0 Å². The van der Waals surface area contributed by atoms with E-state index in [2.05, 4.69) is 24.5 Å². The average molecular weight is 607 g/mol. The Labute approximate surface area is 253 Å². The van der Waals surface area contributed by atoms with Crippen molar-refractivity contribution in [2.75, 3.05) is 32.8 Å². The fourth-order valence-electron chi connectivity index (χ4n) is 5.10. The van der Waals surface area contributed by atoms with Crippen LogP contribution in [0.4, 0.5) is 4.79 Å². The molecule has 2 aromatic carbocycles. The molecule has 3 heterocycles. The SMILES string of the molecule is CC(C)(C)OC(=O)N1CCN(Cc2c(O)ccc3c2O/C(=C\c2nn(COCC[Si](C)(C)C)c4ccccc24)C3=O)CC1. The van der Waals surface area contributed by atoms with Crippen molar-refractivity contribution in [1.29, 1.82) is 0 Å². The van der Waals surface area contributed by atoms with Crippen molar-refractivity contribution >= 4 is 36.9 Å². The molecule has 1 saturated heterocycles. The number of allylic oxidation sites excluding steroid dienone is 1. The highest BCUT2D eigenvalue weighted by atomic mass is 28.3. The standard InChI is InChI=1S/C32H42N4O6Si/c1-32(2,3)42-31(39)35-15-13-34(14-16-35)20-24-27(37)12-11-23-29(38)28(41-30(23)24)19-25-22-9-7-8-10-26(22)36(33-25)21-40-17-18-43(4,5)6/h7-12,19,37H,13-18,20-21H2,1-6H3/b28-19-. The molecule has 1 amide bonds. The molecule has 1 N–H and O–H groups in total. The van der Waals surface area contributed by atoms with Gasteiger partial charge in [-0.25, -0.2) is 9.48 Å². The minimum Gasteiger partial charge on any atom is -0.507 e. The summed E-state index contributed by atoms with van der Waals surface area (Å²) in [5.41, 5.74) is 1.93. The minimum atomic E-state index is -1.21. The molecule has 0 saturated carbocycles. The molecule has 1 fully saturated rings. The van der Waals surface area contributed by atoms with Crippen molar-refractivity contribution in [3.05, 3.63) is 59.0 Å². The summed E-state index contributed by atoms with van der Waals surface area (Å²) in [6.45, 7) is 16.1. The van der Waals surface area contributed by atoms with E-state index in [1.165, 1.54) is 6.07 Å². The second kappa shape index (κ2) is 12.1. The first kappa shape index (κ1) is 30.8. The number of ketones is 1. The maximum atomic E-state index is 13.4. The van der Waals surface area contributed by atoms with Gasteiger partial charge in [0.25, 0.3) is 0 Å². The molecule has 0 spiro atoms. The first-order valence-corrected chi connectivity index (χ1v) is 18.5. The van der Waals surface area contributed by atoms with Crippen molar-refractivity contribution < 1.29 is 28.9 Å². The summed E-state index contributed by atoms with van der Waals surface area (Å²) in [5, 5.41) is 16.4. The molecule has 0 bridgehead atoms. The molecule has 0 radical (unpaired) electrons. The number of amides is 1. The summed E-state index contributed by atoms with van der Waals surface area (Å²) >= 11 is 0. The Bertz CT molecular complexity index is 1540. The highest BCUT2D eigenvalue weighted by molar-refractivity contribution is 6.76. The number of phenolic OH excluding ortho intramolecular Hbond substituents is 1. The van der Waals surface area contributed by atoms with E-state index in [4.69, 9.17) is 19.3 Å². The fraction of sp³-hybridized carbons (Fsp3) is 0.469. The van der Waals surface area contributed by atoms with Crippen molar-refractivity contribution in [2.45, 2.75) is 65.3 Å². The van der Waals surface area contributed by atoms with Gasteiger partial charge in [0.15, 0.2) is 5.76 Å². The highest BCUT2D eigenvalue weighted by Gasteiger charge is 2.33. The summed E-state index contributed by atoms with van der Waals surface area (Å²) in [5.74, 6) is 0.333. The summed E-state index contributed by atoms with van der Waals surface area (Å²) < 4.78 is 19.4. The molecular weight excluding hydrogens is 564 g/mol.